The Morgan fingerprint density at radius 1 is 1.23 bits per heavy atom. The zero-order valence-electron chi connectivity index (χ0n) is 14.0. The lowest BCUT2D eigenvalue weighted by atomic mass is 10.2. The van der Waals surface area contributed by atoms with Crippen LogP contribution in [0.5, 0.6) is 0 Å². The van der Waals surface area contributed by atoms with E-state index in [1.165, 1.54) is 18.5 Å². The van der Waals surface area contributed by atoms with Gasteiger partial charge in [0.05, 0.1) is 17.4 Å². The van der Waals surface area contributed by atoms with Crippen molar-refractivity contribution < 1.29 is 9.59 Å². The number of hydrogen-bond acceptors (Lipinski definition) is 5. The minimum Gasteiger partial charge on any atom is -0.350 e. The van der Waals surface area contributed by atoms with Crippen LogP contribution in [-0.2, 0) is 4.79 Å². The molecule has 1 aromatic heterocycles. The molecule has 1 saturated heterocycles. The summed E-state index contributed by atoms with van der Waals surface area (Å²) in [6.07, 6.45) is 5.06. The summed E-state index contributed by atoms with van der Waals surface area (Å²) < 4.78 is 0. The van der Waals surface area contributed by atoms with Gasteiger partial charge in [-0.05, 0) is 36.8 Å². The molecule has 26 heavy (non-hydrogen) atoms. The molecule has 134 valence electrons. The number of likely N-dealkylation sites (tertiary alicyclic amines) is 1. The largest absolute Gasteiger partial charge is 0.350 e. The van der Waals surface area contributed by atoms with Gasteiger partial charge in [0, 0.05) is 30.4 Å². The van der Waals surface area contributed by atoms with Gasteiger partial charge >= 0.3 is 0 Å². The molecule has 0 spiro atoms. The SMILES string of the molecule is C=CC(=O)Nc1ccc(C(=O)N2CC[C@@H](Nc3ncc(Cl)cn3)C2)cc1. The quantitative estimate of drug-likeness (QED) is 0.789. The van der Waals surface area contributed by atoms with Gasteiger partial charge in [-0.15, -0.1) is 0 Å². The summed E-state index contributed by atoms with van der Waals surface area (Å²) in [6.45, 7) is 4.62. The lowest BCUT2D eigenvalue weighted by molar-refractivity contribution is -0.111. The predicted molar refractivity (Wildman–Crippen MR) is 100 cm³/mol. The highest BCUT2D eigenvalue weighted by Gasteiger charge is 2.27. The number of anilines is 2. The molecule has 0 aliphatic carbocycles. The van der Waals surface area contributed by atoms with Gasteiger partial charge in [0.15, 0.2) is 0 Å². The summed E-state index contributed by atoms with van der Waals surface area (Å²) in [5, 5.41) is 6.34. The smallest absolute Gasteiger partial charge is 0.253 e. The van der Waals surface area contributed by atoms with Crippen molar-refractivity contribution in [2.45, 2.75) is 12.5 Å². The van der Waals surface area contributed by atoms with E-state index in [1.54, 1.807) is 29.2 Å². The van der Waals surface area contributed by atoms with Crippen molar-refractivity contribution in [3.05, 3.63) is 59.9 Å². The first kappa shape index (κ1) is 17.9. The van der Waals surface area contributed by atoms with Crippen LogP contribution >= 0.6 is 11.6 Å². The lowest BCUT2D eigenvalue weighted by Crippen LogP contribution is -2.31. The Balaban J connectivity index is 1.57. The summed E-state index contributed by atoms with van der Waals surface area (Å²) in [5.74, 6) is 0.158. The zero-order valence-corrected chi connectivity index (χ0v) is 14.7. The molecule has 3 rings (SSSR count). The van der Waals surface area contributed by atoms with Crippen LogP contribution in [0, 0.1) is 0 Å². The highest BCUT2D eigenvalue weighted by atomic mass is 35.5. The number of halogens is 1. The average Bonchev–Trinajstić information content (AvgIpc) is 3.12. The third kappa shape index (κ3) is 4.37. The Kier molecular flexibility index (Phi) is 5.48. The molecule has 0 unspecified atom stereocenters. The van der Waals surface area contributed by atoms with Gasteiger partial charge in [0.25, 0.3) is 5.91 Å². The maximum atomic E-state index is 12.6. The molecule has 1 aliphatic heterocycles. The van der Waals surface area contributed by atoms with E-state index in [9.17, 15) is 9.59 Å². The van der Waals surface area contributed by atoms with Crippen LogP contribution in [0.2, 0.25) is 5.02 Å². The number of carbonyl (C=O) groups is 2. The molecule has 1 aliphatic rings. The molecule has 7 nitrogen and oxygen atoms in total. The number of hydrogen-bond donors (Lipinski definition) is 2. The third-order valence-corrected chi connectivity index (χ3v) is 4.21. The number of carbonyl (C=O) groups excluding carboxylic acids is 2. The number of aromatic nitrogens is 2. The molecule has 2 N–H and O–H groups in total. The number of nitrogens with one attached hydrogen (secondary N) is 2. The Morgan fingerprint density at radius 3 is 2.58 bits per heavy atom. The van der Waals surface area contributed by atoms with Gasteiger partial charge in [-0.2, -0.15) is 0 Å². The second-order valence-electron chi connectivity index (χ2n) is 5.88. The van der Waals surface area contributed by atoms with Crippen molar-refractivity contribution in [3.63, 3.8) is 0 Å². The third-order valence-electron chi connectivity index (χ3n) is 4.01. The van der Waals surface area contributed by atoms with Crippen molar-refractivity contribution >= 4 is 35.1 Å². The maximum Gasteiger partial charge on any atom is 0.253 e. The second kappa shape index (κ2) is 7.97. The van der Waals surface area contributed by atoms with Crippen LogP contribution in [-0.4, -0.2) is 45.8 Å². The summed E-state index contributed by atoms with van der Waals surface area (Å²) in [5.41, 5.74) is 1.19. The molecule has 2 amide bonds. The number of nitrogens with zero attached hydrogens (tertiary/aromatic N) is 3. The molecule has 1 fully saturated rings. The summed E-state index contributed by atoms with van der Waals surface area (Å²) >= 11 is 5.77. The molecule has 2 aromatic rings. The number of amides is 2. The highest BCUT2D eigenvalue weighted by Crippen LogP contribution is 2.18. The van der Waals surface area contributed by atoms with E-state index < -0.39 is 0 Å². The summed E-state index contributed by atoms with van der Waals surface area (Å²) in [4.78, 5) is 33.9. The summed E-state index contributed by atoms with van der Waals surface area (Å²) in [6, 6.07) is 6.88. The first-order valence-corrected chi connectivity index (χ1v) is 8.50. The molecule has 0 saturated carbocycles. The Labute approximate surface area is 156 Å². The van der Waals surface area contributed by atoms with E-state index in [-0.39, 0.29) is 17.9 Å². The van der Waals surface area contributed by atoms with Crippen LogP contribution in [0.4, 0.5) is 11.6 Å². The van der Waals surface area contributed by atoms with E-state index in [0.29, 0.717) is 35.3 Å². The minimum absolute atomic E-state index is 0.0482. The van der Waals surface area contributed by atoms with Crippen LogP contribution in [0.25, 0.3) is 0 Å². The van der Waals surface area contributed by atoms with Crippen molar-refractivity contribution in [1.29, 1.82) is 0 Å². The molecule has 1 atom stereocenters. The zero-order chi connectivity index (χ0) is 18.5. The van der Waals surface area contributed by atoms with Crippen LogP contribution in [0.1, 0.15) is 16.8 Å². The van der Waals surface area contributed by atoms with Gasteiger partial charge < -0.3 is 15.5 Å². The molecule has 8 heteroatoms. The number of benzene rings is 1. The fourth-order valence-electron chi connectivity index (χ4n) is 2.70. The first-order chi connectivity index (χ1) is 12.5. The standard InChI is InChI=1S/C18H18ClN5O2/c1-2-16(25)22-14-5-3-12(4-6-14)17(26)24-8-7-15(11-24)23-18-20-9-13(19)10-21-18/h2-6,9-10,15H,1,7-8,11H2,(H,22,25)(H,20,21,23)/t15-/m1/s1. The van der Waals surface area contributed by atoms with E-state index in [2.05, 4.69) is 27.2 Å². The monoisotopic (exact) mass is 371 g/mol. The van der Waals surface area contributed by atoms with Crippen LogP contribution in [0.15, 0.2) is 49.3 Å². The molecular weight excluding hydrogens is 354 g/mol. The lowest BCUT2D eigenvalue weighted by Gasteiger charge is -2.17. The maximum absolute atomic E-state index is 12.6. The van der Waals surface area contributed by atoms with Crippen molar-refractivity contribution in [3.8, 4) is 0 Å². The Bertz CT molecular complexity index is 807. The average molecular weight is 372 g/mol. The van der Waals surface area contributed by atoms with Crippen molar-refractivity contribution in [1.82, 2.24) is 14.9 Å². The van der Waals surface area contributed by atoms with Gasteiger partial charge in [-0.3, -0.25) is 9.59 Å². The van der Waals surface area contributed by atoms with E-state index >= 15 is 0 Å². The molecule has 1 aromatic carbocycles. The Morgan fingerprint density at radius 2 is 1.92 bits per heavy atom. The van der Waals surface area contributed by atoms with Gasteiger partial charge in [0.2, 0.25) is 11.9 Å². The van der Waals surface area contributed by atoms with Crippen LogP contribution in [0.3, 0.4) is 0 Å². The predicted octanol–water partition coefficient (Wildman–Crippen LogP) is 2.58. The van der Waals surface area contributed by atoms with Crippen molar-refractivity contribution in [2.24, 2.45) is 0 Å². The Hall–Kier alpha value is -2.93. The number of rotatable bonds is 5. The van der Waals surface area contributed by atoms with Crippen molar-refractivity contribution in [2.75, 3.05) is 23.7 Å². The topological polar surface area (TPSA) is 87.2 Å². The highest BCUT2D eigenvalue weighted by molar-refractivity contribution is 6.30. The molecular formula is C18H18ClN5O2. The van der Waals surface area contributed by atoms with Gasteiger partial charge in [-0.1, -0.05) is 18.2 Å². The fraction of sp³-hybridized carbons (Fsp3) is 0.222. The molecule has 0 bridgehead atoms. The van der Waals surface area contributed by atoms with Gasteiger partial charge in [-0.25, -0.2) is 9.97 Å². The summed E-state index contributed by atoms with van der Waals surface area (Å²) in [7, 11) is 0. The minimum atomic E-state index is -0.290. The van der Waals surface area contributed by atoms with E-state index in [0.717, 1.165) is 6.42 Å². The van der Waals surface area contributed by atoms with E-state index in [4.69, 9.17) is 11.6 Å². The second-order valence-corrected chi connectivity index (χ2v) is 6.31. The van der Waals surface area contributed by atoms with E-state index in [1.807, 2.05) is 0 Å². The van der Waals surface area contributed by atoms with Crippen LogP contribution < -0.4 is 10.6 Å². The molecule has 2 heterocycles. The fourth-order valence-corrected chi connectivity index (χ4v) is 2.80. The normalized spacial score (nSPS) is 16.2. The van der Waals surface area contributed by atoms with Gasteiger partial charge in [0.1, 0.15) is 0 Å². The molecule has 0 radical (unpaired) electrons. The first-order valence-electron chi connectivity index (χ1n) is 8.12.